The summed E-state index contributed by atoms with van der Waals surface area (Å²) in [6.07, 6.45) is 0. The first-order chi connectivity index (χ1) is 30.4. The predicted molar refractivity (Wildman–Crippen MR) is 261 cm³/mol. The van der Waals surface area contributed by atoms with Crippen LogP contribution in [0.25, 0.3) is 118 Å². The van der Waals surface area contributed by atoms with Crippen LogP contribution < -0.4 is 0 Å². The quantitative estimate of drug-likeness (QED) is 0.167. The minimum Gasteiger partial charge on any atom is -0.308 e. The molecule has 0 unspecified atom stereocenters. The molecule has 294 valence electrons. The third-order valence-electron chi connectivity index (χ3n) is 13.0. The van der Waals surface area contributed by atoms with Crippen molar-refractivity contribution in [2.45, 2.75) is 13.8 Å². The average Bonchev–Trinajstić information content (AvgIpc) is 4.05. The number of hydrogen-bond donors (Lipinski definition) is 0. The molecular weight excluding hydrogens is 803 g/mol. The lowest BCUT2D eigenvalue weighted by Gasteiger charge is -2.27. The first-order valence-electron chi connectivity index (χ1n) is 20.8. The zero-order valence-corrected chi connectivity index (χ0v) is 35.3. The third-order valence-corrected chi connectivity index (χ3v) is 15.4. The van der Waals surface area contributed by atoms with Gasteiger partial charge in [0, 0.05) is 73.0 Å². The van der Waals surface area contributed by atoms with E-state index in [2.05, 4.69) is 144 Å². The van der Waals surface area contributed by atoms with E-state index in [0.29, 0.717) is 0 Å². The largest absolute Gasteiger partial charge is 0.308 e. The lowest BCUT2D eigenvalue weighted by atomic mass is 9.86. The van der Waals surface area contributed by atoms with Crippen molar-refractivity contribution in [3.05, 3.63) is 193 Å². The molecule has 0 saturated heterocycles. The Morgan fingerprint density at radius 2 is 0.742 bits per heavy atom. The van der Waals surface area contributed by atoms with Crippen LogP contribution in [-0.4, -0.2) is 9.13 Å². The van der Waals surface area contributed by atoms with Gasteiger partial charge in [0.1, 0.15) is 11.6 Å². The van der Waals surface area contributed by atoms with Crippen LogP contribution >= 0.6 is 22.7 Å². The van der Waals surface area contributed by atoms with Crippen molar-refractivity contribution in [1.82, 2.24) is 9.13 Å². The fourth-order valence-electron chi connectivity index (χ4n) is 10.4. The molecule has 62 heavy (non-hydrogen) atoms. The van der Waals surface area contributed by atoms with E-state index in [0.717, 1.165) is 66.8 Å². The van der Waals surface area contributed by atoms with Crippen LogP contribution in [0.4, 0.5) is 8.78 Å². The second-order valence-corrected chi connectivity index (χ2v) is 18.4. The Bertz CT molecular complexity index is 3750. The van der Waals surface area contributed by atoms with Gasteiger partial charge in [-0.15, -0.1) is 22.7 Å². The molecule has 4 heterocycles. The maximum absolute atomic E-state index is 14.9. The number of nitrogens with zero attached hydrogens (tertiary/aromatic N) is 2. The van der Waals surface area contributed by atoms with E-state index in [1.54, 1.807) is 24.3 Å². The molecule has 0 amide bonds. The van der Waals surface area contributed by atoms with Crippen molar-refractivity contribution in [2.75, 3.05) is 0 Å². The Balaban J connectivity index is 1.25. The van der Waals surface area contributed by atoms with Crippen LogP contribution in [0.2, 0.25) is 0 Å². The standard InChI is InChI=1S/C56H34F2N2S2/c1-31-49(33-19-23-35(57)24-20-33)53(59-43-15-7-3-13-41(43)51-45(59)29-27-39-37-11-5-9-17-47(37)61-55(39)51)32(2)54(50(31)34-21-25-36(58)26-22-34)60-44-16-8-4-14-42(44)52-46(60)30-28-40-38-12-6-10-18-48(38)62-56(40)52/h3-30H,1-2H3. The van der Waals surface area contributed by atoms with E-state index in [-0.39, 0.29) is 11.6 Å². The third kappa shape index (κ3) is 4.87. The first-order valence-corrected chi connectivity index (χ1v) is 22.4. The lowest BCUT2D eigenvalue weighted by molar-refractivity contribution is 0.627. The van der Waals surface area contributed by atoms with Crippen molar-refractivity contribution >= 4 is 107 Å². The normalized spacial score (nSPS) is 12.2. The molecule has 0 aliphatic rings. The number of aromatic nitrogens is 2. The smallest absolute Gasteiger partial charge is 0.123 e. The van der Waals surface area contributed by atoms with Gasteiger partial charge in [-0.05, 0) is 96.8 Å². The molecule has 4 aromatic heterocycles. The van der Waals surface area contributed by atoms with Gasteiger partial charge in [-0.25, -0.2) is 8.78 Å². The number of halogens is 2. The Morgan fingerprint density at radius 1 is 0.355 bits per heavy atom. The van der Waals surface area contributed by atoms with Crippen molar-refractivity contribution in [1.29, 1.82) is 0 Å². The van der Waals surface area contributed by atoms with Crippen molar-refractivity contribution in [3.8, 4) is 33.6 Å². The predicted octanol–water partition coefficient (Wildman–Crippen LogP) is 16.8. The molecule has 0 bridgehead atoms. The lowest BCUT2D eigenvalue weighted by Crippen LogP contribution is -2.10. The number of rotatable bonds is 4. The Labute approximate surface area is 362 Å². The molecule has 0 atom stereocenters. The van der Waals surface area contributed by atoms with Gasteiger partial charge < -0.3 is 9.13 Å². The molecule has 9 aromatic carbocycles. The number of para-hydroxylation sites is 2. The summed E-state index contributed by atoms with van der Waals surface area (Å²) in [5.41, 5.74) is 12.3. The van der Waals surface area contributed by atoms with Crippen LogP contribution in [0.5, 0.6) is 0 Å². The van der Waals surface area contributed by atoms with Gasteiger partial charge in [0.25, 0.3) is 0 Å². The summed E-state index contributed by atoms with van der Waals surface area (Å²) in [4.78, 5) is 0. The molecular formula is C56H34F2N2S2. The molecule has 13 aromatic rings. The van der Waals surface area contributed by atoms with E-state index < -0.39 is 0 Å². The highest BCUT2D eigenvalue weighted by molar-refractivity contribution is 7.27. The second-order valence-electron chi connectivity index (χ2n) is 16.3. The highest BCUT2D eigenvalue weighted by Gasteiger charge is 2.29. The van der Waals surface area contributed by atoms with E-state index in [1.807, 2.05) is 46.9 Å². The first kappa shape index (κ1) is 35.6. The summed E-state index contributed by atoms with van der Waals surface area (Å²) in [5, 5.41) is 9.80. The summed E-state index contributed by atoms with van der Waals surface area (Å²) in [7, 11) is 0. The molecule has 0 fully saturated rings. The minimum atomic E-state index is -0.290. The zero-order valence-electron chi connectivity index (χ0n) is 33.6. The van der Waals surface area contributed by atoms with Gasteiger partial charge in [0.05, 0.1) is 33.4 Å². The van der Waals surface area contributed by atoms with Gasteiger partial charge in [-0.3, -0.25) is 0 Å². The minimum absolute atomic E-state index is 0.290. The maximum atomic E-state index is 14.9. The van der Waals surface area contributed by atoms with Crippen LogP contribution in [0.15, 0.2) is 170 Å². The molecule has 13 rings (SSSR count). The van der Waals surface area contributed by atoms with Crippen molar-refractivity contribution < 1.29 is 8.78 Å². The van der Waals surface area contributed by atoms with Gasteiger partial charge in [-0.1, -0.05) is 109 Å². The summed E-state index contributed by atoms with van der Waals surface area (Å²) in [6.45, 7) is 4.42. The topological polar surface area (TPSA) is 9.86 Å². The molecule has 0 radical (unpaired) electrons. The zero-order chi connectivity index (χ0) is 41.4. The van der Waals surface area contributed by atoms with Gasteiger partial charge in [0.2, 0.25) is 0 Å². The number of thiophene rings is 2. The molecule has 0 saturated carbocycles. The summed E-state index contributed by atoms with van der Waals surface area (Å²) in [6, 6.07) is 57.7. The fraction of sp³-hybridized carbons (Fsp3) is 0.0357. The van der Waals surface area contributed by atoms with E-state index in [9.17, 15) is 8.78 Å². The van der Waals surface area contributed by atoms with Gasteiger partial charge in [-0.2, -0.15) is 0 Å². The van der Waals surface area contributed by atoms with Crippen molar-refractivity contribution in [2.24, 2.45) is 0 Å². The Hall–Kier alpha value is -7.12. The SMILES string of the molecule is Cc1c(-c2ccc(F)cc2)c(-n2c3ccccc3c3c4sc5ccccc5c4ccc32)c(C)c(-n2c3ccccc3c3c4sc5ccccc5c4ccc32)c1-c1ccc(F)cc1. The molecule has 0 N–H and O–H groups in total. The molecule has 0 aliphatic carbocycles. The molecule has 0 spiro atoms. The van der Waals surface area contributed by atoms with E-state index >= 15 is 0 Å². The summed E-state index contributed by atoms with van der Waals surface area (Å²) in [5.74, 6) is -0.580. The van der Waals surface area contributed by atoms with E-state index in [1.165, 1.54) is 61.9 Å². The molecule has 0 aliphatic heterocycles. The molecule has 6 heteroatoms. The number of fused-ring (bicyclic) bond motifs is 14. The number of benzene rings is 9. The monoisotopic (exact) mass is 836 g/mol. The van der Waals surface area contributed by atoms with Gasteiger partial charge >= 0.3 is 0 Å². The molecule has 2 nitrogen and oxygen atoms in total. The second kappa shape index (κ2) is 13.2. The highest BCUT2D eigenvalue weighted by atomic mass is 32.1. The van der Waals surface area contributed by atoms with Crippen molar-refractivity contribution in [3.63, 3.8) is 0 Å². The van der Waals surface area contributed by atoms with Crippen LogP contribution in [-0.2, 0) is 0 Å². The maximum Gasteiger partial charge on any atom is 0.123 e. The van der Waals surface area contributed by atoms with Crippen LogP contribution in [0.3, 0.4) is 0 Å². The summed E-state index contributed by atoms with van der Waals surface area (Å²) >= 11 is 3.68. The Kier molecular flexibility index (Phi) is 7.58. The summed E-state index contributed by atoms with van der Waals surface area (Å²) < 4.78 is 39.7. The van der Waals surface area contributed by atoms with Gasteiger partial charge in [0.15, 0.2) is 0 Å². The number of hydrogen-bond acceptors (Lipinski definition) is 2. The average molecular weight is 837 g/mol. The highest BCUT2D eigenvalue weighted by Crippen LogP contribution is 2.51. The van der Waals surface area contributed by atoms with Crippen LogP contribution in [0.1, 0.15) is 11.1 Å². The van der Waals surface area contributed by atoms with E-state index in [4.69, 9.17) is 0 Å². The Morgan fingerprint density at radius 3 is 1.18 bits per heavy atom. The van der Waals surface area contributed by atoms with Crippen LogP contribution in [0, 0.1) is 25.5 Å². The fourth-order valence-corrected chi connectivity index (χ4v) is 12.9.